The van der Waals surface area contributed by atoms with Gasteiger partial charge in [-0.15, -0.1) is 11.3 Å². The molecule has 0 aliphatic rings. The van der Waals surface area contributed by atoms with Crippen molar-refractivity contribution in [2.24, 2.45) is 7.05 Å². The smallest absolute Gasteiger partial charge is 0.348 e. The number of carbonyl (C=O) groups is 1. The Hall–Kier alpha value is -2.42. The summed E-state index contributed by atoms with van der Waals surface area (Å²) < 4.78 is 6.00. The predicted octanol–water partition coefficient (Wildman–Crippen LogP) is 1.53. The molecule has 2 heterocycles. The number of nitro groups is 1. The molecule has 0 unspecified atom stereocenters. The van der Waals surface area contributed by atoms with Gasteiger partial charge in [-0.2, -0.15) is 0 Å². The van der Waals surface area contributed by atoms with Gasteiger partial charge in [0.2, 0.25) is 0 Å². The van der Waals surface area contributed by atoms with Gasteiger partial charge in [0.1, 0.15) is 9.75 Å². The summed E-state index contributed by atoms with van der Waals surface area (Å²) in [6.07, 6.45) is 1.37. The normalized spacial score (nSPS) is 10.5. The monoisotopic (exact) mass is 297 g/mol. The average molecular weight is 297 g/mol. The van der Waals surface area contributed by atoms with E-state index in [4.69, 9.17) is 4.74 Å². The number of nitrogens with zero attached hydrogens (tertiary/aromatic N) is 2. The van der Waals surface area contributed by atoms with Crippen molar-refractivity contribution in [3.63, 3.8) is 0 Å². The van der Waals surface area contributed by atoms with Gasteiger partial charge in [0.15, 0.2) is 0 Å². The van der Waals surface area contributed by atoms with E-state index in [9.17, 15) is 19.7 Å². The molecule has 0 radical (unpaired) electrons. The van der Waals surface area contributed by atoms with E-state index in [1.807, 2.05) is 0 Å². The maximum absolute atomic E-state index is 11.8. The molecule has 0 aliphatic heterocycles. The van der Waals surface area contributed by atoms with Crippen LogP contribution in [0.1, 0.15) is 16.6 Å². The second-order valence-electron chi connectivity index (χ2n) is 3.85. The third-order valence-corrected chi connectivity index (χ3v) is 3.71. The van der Waals surface area contributed by atoms with Crippen LogP contribution in [-0.2, 0) is 11.8 Å². The molecule has 2 aromatic rings. The molecule has 0 fully saturated rings. The first-order valence-electron chi connectivity index (χ1n) is 5.65. The number of H-pyrrole nitrogens is 1. The molecule has 0 aliphatic carbocycles. The zero-order chi connectivity index (χ0) is 14.9. The van der Waals surface area contributed by atoms with E-state index in [0.29, 0.717) is 0 Å². The van der Waals surface area contributed by atoms with Crippen molar-refractivity contribution in [3.05, 3.63) is 37.6 Å². The van der Waals surface area contributed by atoms with E-state index in [1.54, 1.807) is 6.92 Å². The molecule has 106 valence electrons. The fourth-order valence-electron chi connectivity index (χ4n) is 1.64. The first kappa shape index (κ1) is 14.0. The van der Waals surface area contributed by atoms with E-state index < -0.39 is 16.5 Å². The quantitative estimate of drug-likeness (QED) is 0.523. The van der Waals surface area contributed by atoms with Gasteiger partial charge >= 0.3 is 5.97 Å². The summed E-state index contributed by atoms with van der Waals surface area (Å²) >= 11 is 0.867. The summed E-state index contributed by atoms with van der Waals surface area (Å²) in [5.74, 6) is -0.640. The van der Waals surface area contributed by atoms with E-state index in [0.717, 1.165) is 17.4 Å². The number of hydrogen-bond donors (Lipinski definition) is 1. The Balaban J connectivity index is 2.57. The summed E-state index contributed by atoms with van der Waals surface area (Å²) in [7, 11) is 1.50. The van der Waals surface area contributed by atoms with Crippen LogP contribution in [0.25, 0.3) is 10.4 Å². The van der Waals surface area contributed by atoms with Crippen molar-refractivity contribution in [1.82, 2.24) is 9.78 Å². The molecule has 0 saturated heterocycles. The van der Waals surface area contributed by atoms with Crippen molar-refractivity contribution in [3.8, 4) is 10.4 Å². The Labute approximate surface area is 116 Å². The lowest BCUT2D eigenvalue weighted by atomic mass is 10.2. The van der Waals surface area contributed by atoms with Crippen molar-refractivity contribution in [2.75, 3.05) is 6.61 Å². The molecule has 0 aromatic carbocycles. The minimum Gasteiger partial charge on any atom is -0.462 e. The van der Waals surface area contributed by atoms with Crippen LogP contribution in [0.4, 0.5) is 5.69 Å². The Bertz CT molecular complexity index is 727. The predicted molar refractivity (Wildman–Crippen MR) is 72.0 cm³/mol. The number of rotatable bonds is 4. The second-order valence-corrected chi connectivity index (χ2v) is 4.91. The number of aryl methyl sites for hydroxylation is 1. The van der Waals surface area contributed by atoms with Gasteiger partial charge in [0, 0.05) is 19.3 Å². The van der Waals surface area contributed by atoms with Crippen molar-refractivity contribution in [1.29, 1.82) is 0 Å². The first-order valence-corrected chi connectivity index (χ1v) is 6.47. The van der Waals surface area contributed by atoms with Crippen LogP contribution in [0.5, 0.6) is 0 Å². The van der Waals surface area contributed by atoms with E-state index in [1.165, 1.54) is 17.9 Å². The van der Waals surface area contributed by atoms with Crippen LogP contribution in [0, 0.1) is 10.1 Å². The van der Waals surface area contributed by atoms with Gasteiger partial charge < -0.3 is 9.84 Å². The fraction of sp³-hybridized carbons (Fsp3) is 0.273. The Morgan fingerprint density at radius 2 is 2.30 bits per heavy atom. The maximum Gasteiger partial charge on any atom is 0.348 e. The van der Waals surface area contributed by atoms with Crippen LogP contribution in [0.2, 0.25) is 0 Å². The lowest BCUT2D eigenvalue weighted by molar-refractivity contribution is -0.383. The third-order valence-electron chi connectivity index (χ3n) is 2.57. The number of esters is 1. The molecule has 8 nitrogen and oxygen atoms in total. The van der Waals surface area contributed by atoms with Crippen LogP contribution < -0.4 is 5.56 Å². The summed E-state index contributed by atoms with van der Waals surface area (Å²) in [5.41, 5.74) is -0.528. The first-order chi connectivity index (χ1) is 9.45. The van der Waals surface area contributed by atoms with Crippen molar-refractivity contribution in [2.45, 2.75) is 6.92 Å². The molecule has 0 bridgehead atoms. The number of nitrogens with one attached hydrogen (secondary N) is 1. The van der Waals surface area contributed by atoms with E-state index in [2.05, 4.69) is 5.10 Å². The van der Waals surface area contributed by atoms with E-state index >= 15 is 0 Å². The highest BCUT2D eigenvalue weighted by Crippen LogP contribution is 2.36. The highest BCUT2D eigenvalue weighted by atomic mass is 32.1. The number of aromatic nitrogens is 2. The highest BCUT2D eigenvalue weighted by molar-refractivity contribution is 7.17. The number of carbonyl (C=O) groups excluding carboxylic acids is 1. The Morgan fingerprint density at radius 3 is 2.80 bits per heavy atom. The molecule has 0 saturated carbocycles. The largest absolute Gasteiger partial charge is 0.462 e. The van der Waals surface area contributed by atoms with Crippen LogP contribution in [0.15, 0.2) is 17.1 Å². The molecular formula is C11H11N3O5S. The fourth-order valence-corrected chi connectivity index (χ4v) is 2.66. The average Bonchev–Trinajstić information content (AvgIpc) is 2.95. The van der Waals surface area contributed by atoms with Gasteiger partial charge in [0.25, 0.3) is 11.2 Å². The molecule has 20 heavy (non-hydrogen) atoms. The van der Waals surface area contributed by atoms with Gasteiger partial charge in [-0.25, -0.2) is 4.79 Å². The van der Waals surface area contributed by atoms with E-state index in [-0.39, 0.29) is 27.6 Å². The summed E-state index contributed by atoms with van der Waals surface area (Å²) in [5, 5.41) is 13.7. The summed E-state index contributed by atoms with van der Waals surface area (Å²) in [6.45, 7) is 1.81. The van der Waals surface area contributed by atoms with Crippen LogP contribution in [0.3, 0.4) is 0 Å². The minimum absolute atomic E-state index is 0.0943. The summed E-state index contributed by atoms with van der Waals surface area (Å²) in [4.78, 5) is 34.1. The number of ether oxygens (including phenoxy) is 1. The molecule has 2 rings (SSSR count). The zero-order valence-electron chi connectivity index (χ0n) is 10.7. The van der Waals surface area contributed by atoms with Gasteiger partial charge in [-0.1, -0.05) is 0 Å². The second kappa shape index (κ2) is 5.29. The SMILES string of the molecule is CCOC(=O)c1cc([N+](=O)[O-])c(-c2c[nH]n(C)c2=O)s1. The zero-order valence-corrected chi connectivity index (χ0v) is 11.5. The van der Waals surface area contributed by atoms with Crippen molar-refractivity contribution >= 4 is 23.0 Å². The van der Waals surface area contributed by atoms with Crippen LogP contribution >= 0.6 is 11.3 Å². The minimum atomic E-state index is -0.640. The molecule has 0 spiro atoms. The van der Waals surface area contributed by atoms with Crippen molar-refractivity contribution < 1.29 is 14.5 Å². The molecule has 0 atom stereocenters. The third kappa shape index (κ3) is 2.35. The standard InChI is InChI=1S/C11H11N3O5S/c1-3-19-11(16)8-4-7(14(17)18)9(20-8)6-5-12-13(2)10(6)15/h4-5,12H,3H2,1-2H3. The lowest BCUT2D eigenvalue weighted by Crippen LogP contribution is -2.13. The Kier molecular flexibility index (Phi) is 3.70. The van der Waals surface area contributed by atoms with Gasteiger partial charge in [-0.05, 0) is 6.92 Å². The van der Waals surface area contributed by atoms with Gasteiger partial charge in [0.05, 0.1) is 17.1 Å². The highest BCUT2D eigenvalue weighted by Gasteiger charge is 2.26. The molecule has 1 N–H and O–H groups in total. The Morgan fingerprint density at radius 1 is 1.60 bits per heavy atom. The topological polar surface area (TPSA) is 107 Å². The van der Waals surface area contributed by atoms with Gasteiger partial charge in [-0.3, -0.25) is 19.6 Å². The number of hydrogen-bond acceptors (Lipinski definition) is 6. The van der Waals surface area contributed by atoms with Crippen LogP contribution in [-0.4, -0.2) is 27.3 Å². The molecule has 9 heteroatoms. The number of aromatic amines is 1. The summed E-state index contributed by atoms with van der Waals surface area (Å²) in [6, 6.07) is 1.13. The molecule has 2 aromatic heterocycles. The lowest BCUT2D eigenvalue weighted by Gasteiger charge is -1.95. The molecule has 0 amide bonds. The number of thiophene rings is 1. The molecular weight excluding hydrogens is 286 g/mol. The maximum atomic E-state index is 11.8.